The standard InChI is InChI=1S/C19H28FN5O.HI/c1-13(26-17-8-6-7-16(20)11-17)12-23-19(21-4)22-10-9-18-14(2)24-25(5)15(18)3;/h6-8,11,13H,9-10,12H2,1-5H3,(H2,21,22,23);1H. The second-order valence-corrected chi connectivity index (χ2v) is 6.29. The fraction of sp³-hybridized carbons (Fsp3) is 0.474. The molecule has 8 heteroatoms. The van der Waals surface area contributed by atoms with Gasteiger partial charge < -0.3 is 15.4 Å². The average molecular weight is 489 g/mol. The smallest absolute Gasteiger partial charge is 0.191 e. The van der Waals surface area contributed by atoms with E-state index in [1.165, 1.54) is 23.4 Å². The molecule has 0 spiro atoms. The van der Waals surface area contributed by atoms with Crippen molar-refractivity contribution in [1.29, 1.82) is 0 Å². The largest absolute Gasteiger partial charge is 0.489 e. The van der Waals surface area contributed by atoms with Crippen LogP contribution in [0.25, 0.3) is 0 Å². The van der Waals surface area contributed by atoms with Gasteiger partial charge in [0.1, 0.15) is 17.7 Å². The van der Waals surface area contributed by atoms with Crippen molar-refractivity contribution in [3.8, 4) is 5.75 Å². The molecule has 0 aliphatic rings. The Morgan fingerprint density at radius 3 is 2.67 bits per heavy atom. The number of aromatic nitrogens is 2. The van der Waals surface area contributed by atoms with Crippen molar-refractivity contribution in [3.05, 3.63) is 47.0 Å². The highest BCUT2D eigenvalue weighted by Crippen LogP contribution is 2.13. The van der Waals surface area contributed by atoms with Gasteiger partial charge in [-0.3, -0.25) is 9.67 Å². The summed E-state index contributed by atoms with van der Waals surface area (Å²) in [4.78, 5) is 4.22. The summed E-state index contributed by atoms with van der Waals surface area (Å²) in [6, 6.07) is 6.15. The summed E-state index contributed by atoms with van der Waals surface area (Å²) in [5.74, 6) is 0.921. The van der Waals surface area contributed by atoms with Crippen LogP contribution in [0.4, 0.5) is 4.39 Å². The fourth-order valence-electron chi connectivity index (χ4n) is 2.76. The van der Waals surface area contributed by atoms with E-state index in [9.17, 15) is 4.39 Å². The van der Waals surface area contributed by atoms with E-state index in [0.29, 0.717) is 18.3 Å². The number of halogens is 2. The molecule has 1 aromatic heterocycles. The first-order chi connectivity index (χ1) is 12.4. The number of aliphatic imine (C=N–C) groups is 1. The van der Waals surface area contributed by atoms with Crippen molar-refractivity contribution >= 4 is 29.9 Å². The van der Waals surface area contributed by atoms with Crippen LogP contribution in [0.2, 0.25) is 0 Å². The van der Waals surface area contributed by atoms with E-state index in [4.69, 9.17) is 4.74 Å². The Kier molecular flexibility index (Phi) is 9.54. The van der Waals surface area contributed by atoms with E-state index in [0.717, 1.165) is 18.7 Å². The molecule has 0 aliphatic heterocycles. The summed E-state index contributed by atoms with van der Waals surface area (Å²) in [7, 11) is 3.69. The lowest BCUT2D eigenvalue weighted by molar-refractivity contribution is 0.223. The first kappa shape index (κ1) is 23.2. The van der Waals surface area contributed by atoms with E-state index >= 15 is 0 Å². The van der Waals surface area contributed by atoms with Crippen LogP contribution in [0, 0.1) is 19.7 Å². The molecule has 1 atom stereocenters. The molecule has 150 valence electrons. The number of hydrogen-bond acceptors (Lipinski definition) is 3. The summed E-state index contributed by atoms with van der Waals surface area (Å²) in [6.45, 7) is 7.34. The van der Waals surface area contributed by atoms with Gasteiger partial charge >= 0.3 is 0 Å². The minimum atomic E-state index is -0.305. The Labute approximate surface area is 177 Å². The zero-order valence-electron chi connectivity index (χ0n) is 16.5. The first-order valence-corrected chi connectivity index (χ1v) is 8.76. The monoisotopic (exact) mass is 489 g/mol. The number of hydrogen-bond donors (Lipinski definition) is 2. The lowest BCUT2D eigenvalue weighted by Gasteiger charge is -2.18. The summed E-state index contributed by atoms with van der Waals surface area (Å²) in [5, 5.41) is 11.0. The molecule has 1 unspecified atom stereocenters. The summed E-state index contributed by atoms with van der Waals surface area (Å²) in [6.07, 6.45) is 0.750. The lowest BCUT2D eigenvalue weighted by Crippen LogP contribution is -2.42. The molecule has 27 heavy (non-hydrogen) atoms. The van der Waals surface area contributed by atoms with Gasteiger partial charge in [0.2, 0.25) is 0 Å². The Hall–Kier alpha value is -1.84. The van der Waals surface area contributed by atoms with Crippen LogP contribution in [0.5, 0.6) is 5.75 Å². The summed E-state index contributed by atoms with van der Waals surface area (Å²) >= 11 is 0. The van der Waals surface area contributed by atoms with E-state index in [1.807, 2.05) is 25.6 Å². The molecule has 0 bridgehead atoms. The number of nitrogens with one attached hydrogen (secondary N) is 2. The highest BCUT2D eigenvalue weighted by atomic mass is 127. The molecule has 2 N–H and O–H groups in total. The van der Waals surface area contributed by atoms with Crippen molar-refractivity contribution in [1.82, 2.24) is 20.4 Å². The number of benzene rings is 1. The van der Waals surface area contributed by atoms with Crippen LogP contribution >= 0.6 is 24.0 Å². The lowest BCUT2D eigenvalue weighted by atomic mass is 10.1. The molecule has 0 aliphatic carbocycles. The number of nitrogens with zero attached hydrogens (tertiary/aromatic N) is 3. The Balaban J connectivity index is 0.00000364. The van der Waals surface area contributed by atoms with Crippen LogP contribution in [-0.2, 0) is 13.5 Å². The molecule has 0 radical (unpaired) electrons. The van der Waals surface area contributed by atoms with Crippen LogP contribution in [0.1, 0.15) is 23.9 Å². The highest BCUT2D eigenvalue weighted by molar-refractivity contribution is 14.0. The van der Waals surface area contributed by atoms with Gasteiger partial charge in [-0.25, -0.2) is 4.39 Å². The molecule has 0 saturated carbocycles. The average Bonchev–Trinajstić information content (AvgIpc) is 2.83. The maximum atomic E-state index is 13.2. The topological polar surface area (TPSA) is 63.5 Å². The van der Waals surface area contributed by atoms with Crippen LogP contribution in [0.15, 0.2) is 29.3 Å². The second-order valence-electron chi connectivity index (χ2n) is 6.29. The number of rotatable bonds is 7. The molecule has 1 heterocycles. The zero-order valence-corrected chi connectivity index (χ0v) is 18.9. The number of ether oxygens (including phenoxy) is 1. The third kappa shape index (κ3) is 7.00. The number of aryl methyl sites for hydroxylation is 2. The molecule has 0 amide bonds. The number of guanidine groups is 1. The molecule has 0 saturated heterocycles. The molecule has 1 aromatic carbocycles. The van der Waals surface area contributed by atoms with Gasteiger partial charge in [0, 0.05) is 32.4 Å². The third-order valence-electron chi connectivity index (χ3n) is 4.24. The van der Waals surface area contributed by atoms with Gasteiger partial charge in [-0.15, -0.1) is 24.0 Å². The minimum absolute atomic E-state index is 0. The van der Waals surface area contributed by atoms with Crippen molar-refractivity contribution < 1.29 is 9.13 Å². The van der Waals surface area contributed by atoms with Crippen molar-refractivity contribution in [2.24, 2.45) is 12.0 Å². The Morgan fingerprint density at radius 1 is 1.33 bits per heavy atom. The zero-order chi connectivity index (χ0) is 19.1. The van der Waals surface area contributed by atoms with Gasteiger partial charge in [-0.2, -0.15) is 5.10 Å². The van der Waals surface area contributed by atoms with E-state index in [-0.39, 0.29) is 35.9 Å². The van der Waals surface area contributed by atoms with Gasteiger partial charge in [-0.05, 0) is 44.9 Å². The van der Waals surface area contributed by atoms with Crippen LogP contribution in [0.3, 0.4) is 0 Å². The SMILES string of the molecule is CN=C(NCCc1c(C)nn(C)c1C)NCC(C)Oc1cccc(F)c1.I. The molecule has 6 nitrogen and oxygen atoms in total. The minimum Gasteiger partial charge on any atom is -0.489 e. The predicted octanol–water partition coefficient (Wildman–Crippen LogP) is 2.97. The molecule has 0 fully saturated rings. The van der Waals surface area contributed by atoms with Crippen molar-refractivity contribution in [2.45, 2.75) is 33.3 Å². The molecule has 2 rings (SSSR count). The summed E-state index contributed by atoms with van der Waals surface area (Å²) in [5.41, 5.74) is 3.51. The van der Waals surface area contributed by atoms with E-state index < -0.39 is 0 Å². The third-order valence-corrected chi connectivity index (χ3v) is 4.24. The first-order valence-electron chi connectivity index (χ1n) is 8.76. The Morgan fingerprint density at radius 2 is 2.07 bits per heavy atom. The second kappa shape index (κ2) is 11.1. The quantitative estimate of drug-likeness (QED) is 0.357. The summed E-state index contributed by atoms with van der Waals surface area (Å²) < 4.78 is 20.8. The normalized spacial score (nSPS) is 12.3. The van der Waals surface area contributed by atoms with Gasteiger partial charge in [-0.1, -0.05) is 6.07 Å². The molecular formula is C19H29FIN5O. The van der Waals surface area contributed by atoms with Crippen LogP contribution in [-0.4, -0.2) is 42.0 Å². The highest BCUT2D eigenvalue weighted by Gasteiger charge is 2.10. The van der Waals surface area contributed by atoms with Crippen molar-refractivity contribution in [3.63, 3.8) is 0 Å². The predicted molar refractivity (Wildman–Crippen MR) is 118 cm³/mol. The van der Waals surface area contributed by atoms with Gasteiger partial charge in [0.15, 0.2) is 5.96 Å². The van der Waals surface area contributed by atoms with Gasteiger partial charge in [0.25, 0.3) is 0 Å². The fourth-order valence-corrected chi connectivity index (χ4v) is 2.76. The van der Waals surface area contributed by atoms with E-state index in [2.05, 4.69) is 27.6 Å². The molecule has 2 aromatic rings. The van der Waals surface area contributed by atoms with E-state index in [1.54, 1.807) is 19.2 Å². The Bertz CT molecular complexity index is 763. The molecular weight excluding hydrogens is 460 g/mol. The maximum Gasteiger partial charge on any atom is 0.191 e. The maximum absolute atomic E-state index is 13.2. The van der Waals surface area contributed by atoms with Gasteiger partial charge in [0.05, 0.1) is 12.2 Å². The van der Waals surface area contributed by atoms with Crippen molar-refractivity contribution in [2.75, 3.05) is 20.1 Å². The van der Waals surface area contributed by atoms with Crippen LogP contribution < -0.4 is 15.4 Å².